The molecule has 0 saturated heterocycles. The predicted molar refractivity (Wildman–Crippen MR) is 82.7 cm³/mol. The average Bonchev–Trinajstić information content (AvgIpc) is 2.87. The zero-order chi connectivity index (χ0) is 15.4. The second kappa shape index (κ2) is 6.43. The van der Waals surface area contributed by atoms with Crippen molar-refractivity contribution in [1.82, 2.24) is 9.97 Å². The minimum Gasteiger partial charge on any atom is -0.339 e. The zero-order valence-electron chi connectivity index (χ0n) is 10.7. The molecule has 2 heterocycles. The van der Waals surface area contributed by atoms with Gasteiger partial charge in [-0.1, -0.05) is 0 Å². The van der Waals surface area contributed by atoms with E-state index in [2.05, 4.69) is 31.2 Å². The van der Waals surface area contributed by atoms with Crippen molar-refractivity contribution in [2.75, 3.05) is 5.32 Å². The van der Waals surface area contributed by atoms with E-state index in [4.69, 9.17) is 5.26 Å². The number of hydrogen-bond donors (Lipinski definition) is 1. The first kappa shape index (κ1) is 15.1. The first-order valence-electron chi connectivity index (χ1n) is 5.60. The second-order valence-corrected chi connectivity index (χ2v) is 5.66. The highest BCUT2D eigenvalue weighted by atomic mass is 79.9. The molecular formula is C12H8BrN5O2S. The van der Waals surface area contributed by atoms with Crippen molar-refractivity contribution in [3.8, 4) is 6.07 Å². The van der Waals surface area contributed by atoms with Crippen LogP contribution in [0.15, 0.2) is 28.3 Å². The topological polar surface area (TPSA) is 105 Å². The van der Waals surface area contributed by atoms with Crippen molar-refractivity contribution in [1.29, 1.82) is 5.26 Å². The summed E-state index contributed by atoms with van der Waals surface area (Å²) in [6, 6.07) is 3.34. The van der Waals surface area contributed by atoms with Crippen LogP contribution in [0.25, 0.3) is 5.57 Å². The van der Waals surface area contributed by atoms with E-state index < -0.39 is 4.92 Å². The van der Waals surface area contributed by atoms with Crippen molar-refractivity contribution in [2.45, 2.75) is 6.92 Å². The quantitative estimate of drug-likeness (QED) is 0.505. The Kier molecular flexibility index (Phi) is 4.62. The Morgan fingerprint density at radius 2 is 2.43 bits per heavy atom. The maximum Gasteiger partial charge on any atom is 0.312 e. The molecule has 0 saturated carbocycles. The Labute approximate surface area is 132 Å². The Bertz CT molecular complexity index is 765. The van der Waals surface area contributed by atoms with Crippen molar-refractivity contribution < 1.29 is 4.92 Å². The van der Waals surface area contributed by atoms with E-state index in [0.717, 1.165) is 5.69 Å². The lowest BCUT2D eigenvalue weighted by atomic mass is 10.3. The lowest BCUT2D eigenvalue weighted by molar-refractivity contribution is -0.384. The van der Waals surface area contributed by atoms with Crippen LogP contribution in [0.5, 0.6) is 0 Å². The van der Waals surface area contributed by atoms with Gasteiger partial charge in [-0.2, -0.15) is 5.26 Å². The highest BCUT2D eigenvalue weighted by Gasteiger charge is 2.15. The molecule has 106 valence electrons. The van der Waals surface area contributed by atoms with Gasteiger partial charge in [0.05, 0.1) is 4.92 Å². The van der Waals surface area contributed by atoms with Gasteiger partial charge in [0.2, 0.25) is 5.82 Å². The number of thiazole rings is 1. The van der Waals surface area contributed by atoms with E-state index in [0.29, 0.717) is 9.48 Å². The van der Waals surface area contributed by atoms with Crippen LogP contribution in [0, 0.1) is 28.4 Å². The Hall–Kier alpha value is -2.31. The van der Waals surface area contributed by atoms with Crippen LogP contribution in [0.1, 0.15) is 10.7 Å². The van der Waals surface area contributed by atoms with Gasteiger partial charge in [-0.05, 0) is 22.9 Å². The number of allylic oxidation sites excluding steroid dienone is 1. The summed E-state index contributed by atoms with van der Waals surface area (Å²) in [5.41, 5.74) is 0.907. The fraction of sp³-hybridized carbons (Fsp3) is 0.0833. The molecule has 0 atom stereocenters. The molecule has 0 amide bonds. The number of nitro groups is 1. The third-order valence-corrected chi connectivity index (χ3v) is 3.78. The summed E-state index contributed by atoms with van der Waals surface area (Å²) in [5, 5.41) is 25.2. The number of aryl methyl sites for hydroxylation is 1. The van der Waals surface area contributed by atoms with E-state index in [-0.39, 0.29) is 17.1 Å². The Morgan fingerprint density at radius 3 is 3.00 bits per heavy atom. The van der Waals surface area contributed by atoms with Gasteiger partial charge in [0, 0.05) is 34.0 Å². The molecular weight excluding hydrogens is 358 g/mol. The molecule has 2 aromatic rings. The summed E-state index contributed by atoms with van der Waals surface area (Å²) >= 11 is 4.45. The summed E-state index contributed by atoms with van der Waals surface area (Å²) < 4.78 is 0.500. The van der Waals surface area contributed by atoms with Gasteiger partial charge in [-0.3, -0.25) is 10.1 Å². The average molecular weight is 366 g/mol. The number of nitrogens with zero attached hydrogens (tertiary/aromatic N) is 4. The van der Waals surface area contributed by atoms with Gasteiger partial charge in [-0.25, -0.2) is 9.97 Å². The van der Waals surface area contributed by atoms with Crippen molar-refractivity contribution in [2.24, 2.45) is 0 Å². The summed E-state index contributed by atoms with van der Waals surface area (Å²) in [6.07, 6.45) is 2.80. The highest BCUT2D eigenvalue weighted by molar-refractivity contribution is 9.10. The van der Waals surface area contributed by atoms with Gasteiger partial charge in [-0.15, -0.1) is 11.3 Å². The van der Waals surface area contributed by atoms with Crippen molar-refractivity contribution in [3.63, 3.8) is 0 Å². The lowest BCUT2D eigenvalue weighted by Crippen LogP contribution is -1.99. The van der Waals surface area contributed by atoms with Crippen molar-refractivity contribution in [3.05, 3.63) is 49.1 Å². The minimum absolute atomic E-state index is 0.0595. The fourth-order valence-corrected chi connectivity index (χ4v) is 2.52. The van der Waals surface area contributed by atoms with Crippen LogP contribution in [0.2, 0.25) is 0 Å². The maximum atomic E-state index is 11.0. The molecule has 0 unspecified atom stereocenters. The van der Waals surface area contributed by atoms with E-state index in [9.17, 15) is 10.1 Å². The van der Waals surface area contributed by atoms with E-state index >= 15 is 0 Å². The smallest absolute Gasteiger partial charge is 0.312 e. The van der Waals surface area contributed by atoms with E-state index in [1.54, 1.807) is 0 Å². The van der Waals surface area contributed by atoms with Gasteiger partial charge < -0.3 is 5.32 Å². The van der Waals surface area contributed by atoms with Crippen LogP contribution in [0.4, 0.5) is 11.5 Å². The maximum absolute atomic E-state index is 11.0. The molecule has 2 aromatic heterocycles. The molecule has 2 rings (SSSR count). The van der Waals surface area contributed by atoms with Crippen LogP contribution in [-0.2, 0) is 0 Å². The summed E-state index contributed by atoms with van der Waals surface area (Å²) in [6.45, 7) is 1.82. The van der Waals surface area contributed by atoms with Gasteiger partial charge in [0.25, 0.3) is 0 Å². The highest BCUT2D eigenvalue weighted by Crippen LogP contribution is 2.26. The molecule has 0 fully saturated rings. The number of pyridine rings is 1. The number of rotatable bonds is 4. The molecule has 0 bridgehead atoms. The number of aromatic nitrogens is 2. The van der Waals surface area contributed by atoms with Gasteiger partial charge in [0.15, 0.2) is 0 Å². The molecule has 0 radical (unpaired) electrons. The molecule has 1 N–H and O–H groups in total. The fourth-order valence-electron chi connectivity index (χ4n) is 1.44. The van der Waals surface area contributed by atoms with Crippen LogP contribution in [-0.4, -0.2) is 14.9 Å². The third kappa shape index (κ3) is 3.62. The number of halogens is 1. The standard InChI is InChI=1S/C12H8BrN5O2S/c1-7-6-21-12(17-7)8(3-14)4-15-11-10(18(19)20)2-9(13)5-16-11/h2,4-6H,1H3,(H,15,16)/b8-4+. The van der Waals surface area contributed by atoms with Gasteiger partial charge in [0.1, 0.15) is 16.6 Å². The van der Waals surface area contributed by atoms with Crippen LogP contribution >= 0.6 is 27.3 Å². The van der Waals surface area contributed by atoms with E-state index in [1.165, 1.54) is 29.8 Å². The summed E-state index contributed by atoms with van der Waals surface area (Å²) in [4.78, 5) is 18.5. The SMILES string of the molecule is Cc1csc(/C(C#N)=C/Nc2ncc(Br)cc2[N+](=O)[O-])n1. The van der Waals surface area contributed by atoms with Crippen LogP contribution in [0.3, 0.4) is 0 Å². The summed E-state index contributed by atoms with van der Waals surface area (Å²) in [5.74, 6) is 0.0595. The lowest BCUT2D eigenvalue weighted by Gasteiger charge is -2.02. The molecule has 7 nitrogen and oxygen atoms in total. The molecule has 21 heavy (non-hydrogen) atoms. The minimum atomic E-state index is -0.548. The first-order chi connectivity index (χ1) is 10.0. The molecule has 0 aliphatic rings. The molecule has 9 heteroatoms. The predicted octanol–water partition coefficient (Wildman–Crippen LogP) is 3.49. The molecule has 0 spiro atoms. The number of nitrogens with one attached hydrogen (secondary N) is 1. The molecule has 0 aliphatic carbocycles. The third-order valence-electron chi connectivity index (χ3n) is 2.35. The normalized spacial score (nSPS) is 11.0. The molecule has 0 aromatic carbocycles. The molecule has 0 aliphatic heterocycles. The van der Waals surface area contributed by atoms with Crippen molar-refractivity contribution >= 4 is 44.3 Å². The Balaban J connectivity index is 2.32. The van der Waals surface area contributed by atoms with Gasteiger partial charge >= 0.3 is 5.69 Å². The Morgan fingerprint density at radius 1 is 1.67 bits per heavy atom. The number of hydrogen-bond acceptors (Lipinski definition) is 7. The van der Waals surface area contributed by atoms with E-state index in [1.807, 2.05) is 18.4 Å². The van der Waals surface area contributed by atoms with Crippen LogP contribution < -0.4 is 5.32 Å². The summed E-state index contributed by atoms with van der Waals surface area (Å²) in [7, 11) is 0. The number of anilines is 1. The zero-order valence-corrected chi connectivity index (χ0v) is 13.1. The number of nitriles is 1. The first-order valence-corrected chi connectivity index (χ1v) is 7.27. The monoisotopic (exact) mass is 365 g/mol. The largest absolute Gasteiger partial charge is 0.339 e. The second-order valence-electron chi connectivity index (χ2n) is 3.89.